The van der Waals surface area contributed by atoms with E-state index in [1.165, 1.54) is 28.8 Å². The van der Waals surface area contributed by atoms with Crippen LogP contribution < -0.4 is 0 Å². The van der Waals surface area contributed by atoms with Gasteiger partial charge in [0.05, 0.1) is 18.1 Å². The average Bonchev–Trinajstić information content (AvgIpc) is 3.38. The van der Waals surface area contributed by atoms with Gasteiger partial charge < -0.3 is 24.4 Å². The number of amides is 2. The maximum absolute atomic E-state index is 13.0. The van der Waals surface area contributed by atoms with Crippen molar-refractivity contribution in [2.45, 2.75) is 50.1 Å². The molecule has 37 heavy (non-hydrogen) atoms. The van der Waals surface area contributed by atoms with Gasteiger partial charge in [-0.3, -0.25) is 4.79 Å². The molecular weight excluding hydrogens is 496 g/mol. The molecule has 6 atom stereocenters. The zero-order chi connectivity index (χ0) is 26.7. The van der Waals surface area contributed by atoms with E-state index in [1.54, 1.807) is 30.3 Å². The summed E-state index contributed by atoms with van der Waals surface area (Å²) >= 11 is 1.48. The fraction of sp³-hybridized carbons (Fsp3) is 0.500. The molecule has 3 aliphatic rings. The summed E-state index contributed by atoms with van der Waals surface area (Å²) in [5.74, 6) is -1.01. The van der Waals surface area contributed by atoms with Crippen molar-refractivity contribution in [3.05, 3.63) is 60.2 Å². The number of fused-ring (bicyclic) bond motifs is 1. The minimum absolute atomic E-state index is 0.0205. The topological polar surface area (TPSA) is 122 Å². The highest BCUT2D eigenvalue weighted by molar-refractivity contribution is 8.03. The van der Waals surface area contributed by atoms with E-state index in [2.05, 4.69) is 23.1 Å². The van der Waals surface area contributed by atoms with Gasteiger partial charge in [0, 0.05) is 47.5 Å². The van der Waals surface area contributed by atoms with Crippen molar-refractivity contribution >= 4 is 29.7 Å². The van der Waals surface area contributed by atoms with Crippen LogP contribution in [0.1, 0.15) is 26.1 Å². The number of esters is 1. The maximum atomic E-state index is 13.0. The molecule has 1 N–H and O–H groups in total. The number of carbonyl (C=O) groups is 3. The van der Waals surface area contributed by atoms with Crippen LogP contribution in [0.3, 0.4) is 0 Å². The van der Waals surface area contributed by atoms with E-state index in [9.17, 15) is 19.5 Å². The molecule has 0 bridgehead atoms. The summed E-state index contributed by atoms with van der Waals surface area (Å²) in [6, 6.07) is 1.22. The largest absolute Gasteiger partial charge is 0.457 e. The number of hydrogen-bond donors (Lipinski definition) is 1. The second-order valence-electron chi connectivity index (χ2n) is 9.37. The highest BCUT2D eigenvalue weighted by atomic mass is 32.2. The minimum atomic E-state index is -0.831. The Kier molecular flexibility index (Phi) is 8.33. The predicted molar refractivity (Wildman–Crippen MR) is 137 cm³/mol. The smallest absolute Gasteiger partial charge is 0.410 e. The molecule has 1 aromatic heterocycles. The number of β-lactam (4-membered cyclic amide) rings is 1. The summed E-state index contributed by atoms with van der Waals surface area (Å²) in [6.45, 7) is 11.2. The Bertz CT molecular complexity index is 1090. The first-order chi connectivity index (χ1) is 17.8. The van der Waals surface area contributed by atoms with Crippen molar-refractivity contribution in [2.75, 3.05) is 19.8 Å². The Labute approximate surface area is 220 Å². The number of nitrogens with zero attached hydrogens (tertiary/aromatic N) is 4. The van der Waals surface area contributed by atoms with Gasteiger partial charge in [0.1, 0.15) is 24.7 Å². The van der Waals surface area contributed by atoms with E-state index in [-0.39, 0.29) is 48.1 Å². The van der Waals surface area contributed by atoms with Crippen molar-refractivity contribution in [2.24, 2.45) is 11.8 Å². The molecule has 0 aromatic carbocycles. The molecule has 2 fully saturated rings. The number of aliphatic hydroxyl groups excluding tert-OH is 1. The lowest BCUT2D eigenvalue weighted by molar-refractivity contribution is -0.164. The molecule has 3 aliphatic heterocycles. The van der Waals surface area contributed by atoms with Gasteiger partial charge in [0.15, 0.2) is 0 Å². The van der Waals surface area contributed by atoms with E-state index in [4.69, 9.17) is 9.47 Å². The summed E-state index contributed by atoms with van der Waals surface area (Å²) in [5, 5.41) is 10.1. The minimum Gasteiger partial charge on any atom is -0.457 e. The van der Waals surface area contributed by atoms with Gasteiger partial charge in [-0.2, -0.15) is 0 Å². The predicted octanol–water partition coefficient (Wildman–Crippen LogP) is 2.32. The van der Waals surface area contributed by atoms with Crippen LogP contribution in [0, 0.1) is 11.8 Å². The van der Waals surface area contributed by atoms with Crippen LogP contribution in [0.4, 0.5) is 4.79 Å². The second-order valence-corrected chi connectivity index (χ2v) is 10.7. The van der Waals surface area contributed by atoms with Crippen LogP contribution in [-0.4, -0.2) is 86.0 Å². The molecule has 2 saturated heterocycles. The van der Waals surface area contributed by atoms with E-state index in [1.807, 2.05) is 6.92 Å². The Balaban J connectivity index is 1.59. The Morgan fingerprint density at radius 1 is 1.24 bits per heavy atom. The van der Waals surface area contributed by atoms with Crippen molar-refractivity contribution in [1.82, 2.24) is 19.8 Å². The zero-order valence-corrected chi connectivity index (χ0v) is 21.8. The zero-order valence-electron chi connectivity index (χ0n) is 21.0. The Morgan fingerprint density at radius 3 is 2.57 bits per heavy atom. The SMILES string of the molecule is C=CCOC(=O)C1=C(S[C@H]2C[C@@H](Cc3ncccn3)N(C(=O)OCC=C)C2)[C@H](C)[C@@H]2[C@@H]([C@@H](C)O)C(=O)N12. The van der Waals surface area contributed by atoms with Gasteiger partial charge in [-0.05, 0) is 19.4 Å². The van der Waals surface area contributed by atoms with Gasteiger partial charge >= 0.3 is 12.1 Å². The first kappa shape index (κ1) is 26.9. The highest BCUT2D eigenvalue weighted by Gasteiger charge is 2.60. The molecule has 11 heteroatoms. The number of hydrogen-bond acceptors (Lipinski definition) is 9. The van der Waals surface area contributed by atoms with Crippen LogP contribution in [0.15, 0.2) is 54.4 Å². The monoisotopic (exact) mass is 528 g/mol. The summed E-state index contributed by atoms with van der Waals surface area (Å²) in [6.07, 6.45) is 6.11. The molecule has 0 spiro atoms. The lowest BCUT2D eigenvalue weighted by Gasteiger charge is -2.46. The van der Waals surface area contributed by atoms with Gasteiger partial charge in [0.2, 0.25) is 5.91 Å². The molecule has 4 heterocycles. The molecule has 2 amide bonds. The first-order valence-electron chi connectivity index (χ1n) is 12.3. The lowest BCUT2D eigenvalue weighted by atomic mass is 9.79. The van der Waals surface area contributed by atoms with Crippen molar-refractivity contribution < 1.29 is 29.0 Å². The van der Waals surface area contributed by atoms with E-state index >= 15 is 0 Å². The number of aliphatic hydroxyl groups is 1. The van der Waals surface area contributed by atoms with E-state index in [0.717, 1.165) is 4.91 Å². The fourth-order valence-corrected chi connectivity index (χ4v) is 6.85. The normalized spacial score (nSPS) is 27.4. The molecular formula is C26H32N4O6S. The summed E-state index contributed by atoms with van der Waals surface area (Å²) in [5.41, 5.74) is 0.224. The van der Waals surface area contributed by atoms with Crippen LogP contribution in [0.25, 0.3) is 0 Å². The summed E-state index contributed by atoms with van der Waals surface area (Å²) < 4.78 is 10.7. The average molecular weight is 529 g/mol. The van der Waals surface area contributed by atoms with Crippen LogP contribution >= 0.6 is 11.8 Å². The first-order valence-corrected chi connectivity index (χ1v) is 13.2. The third-order valence-corrected chi connectivity index (χ3v) is 8.39. The highest BCUT2D eigenvalue weighted by Crippen LogP contribution is 2.52. The number of rotatable bonds is 10. The molecule has 10 nitrogen and oxygen atoms in total. The summed E-state index contributed by atoms with van der Waals surface area (Å²) in [7, 11) is 0. The van der Waals surface area contributed by atoms with Crippen LogP contribution in [0.5, 0.6) is 0 Å². The van der Waals surface area contributed by atoms with Gasteiger partial charge in [0.25, 0.3) is 0 Å². The van der Waals surface area contributed by atoms with E-state index < -0.39 is 24.1 Å². The number of aromatic nitrogens is 2. The number of thioether (sulfide) groups is 1. The third-order valence-electron chi connectivity index (χ3n) is 6.90. The third kappa shape index (κ3) is 5.28. The van der Waals surface area contributed by atoms with Crippen LogP contribution in [0.2, 0.25) is 0 Å². The number of carbonyl (C=O) groups excluding carboxylic acids is 3. The molecule has 1 aromatic rings. The standard InChI is InChI=1S/C26H32N4O6S/c1-5-10-35-25(33)22-23(15(3)21-20(16(4)31)24(32)30(21)22)37-18-12-17(13-19-27-8-7-9-28-19)29(14-18)26(34)36-11-6-2/h5-9,15-18,20-21,31H,1-2,10-14H2,3-4H3/t15-,16-,17+,18+,20-,21-/m1/s1. The van der Waals surface area contributed by atoms with Gasteiger partial charge in [-0.1, -0.05) is 32.2 Å². The molecule has 0 aliphatic carbocycles. The molecule has 0 unspecified atom stereocenters. The number of likely N-dealkylation sites (tertiary alicyclic amines) is 1. The van der Waals surface area contributed by atoms with Crippen molar-refractivity contribution in [3.63, 3.8) is 0 Å². The van der Waals surface area contributed by atoms with Gasteiger partial charge in [-0.25, -0.2) is 19.6 Å². The van der Waals surface area contributed by atoms with Gasteiger partial charge in [-0.15, -0.1) is 11.8 Å². The van der Waals surface area contributed by atoms with E-state index in [0.29, 0.717) is 25.2 Å². The quantitative estimate of drug-likeness (QED) is 0.277. The molecule has 0 saturated carbocycles. The molecule has 4 rings (SSSR count). The van der Waals surface area contributed by atoms with Crippen LogP contribution in [-0.2, 0) is 25.5 Å². The Morgan fingerprint density at radius 2 is 1.92 bits per heavy atom. The summed E-state index contributed by atoms with van der Waals surface area (Å²) in [4.78, 5) is 51.3. The van der Waals surface area contributed by atoms with Crippen molar-refractivity contribution in [1.29, 1.82) is 0 Å². The fourth-order valence-electron chi connectivity index (χ4n) is 5.29. The lowest BCUT2D eigenvalue weighted by Crippen LogP contribution is -2.63. The number of ether oxygens (including phenoxy) is 2. The maximum Gasteiger partial charge on any atom is 0.410 e. The molecule has 0 radical (unpaired) electrons. The molecule has 198 valence electrons. The second kappa shape index (κ2) is 11.5. The Hall–Kier alpha value is -3.18. The van der Waals surface area contributed by atoms with Crippen molar-refractivity contribution in [3.8, 4) is 0 Å².